The van der Waals surface area contributed by atoms with Crippen molar-refractivity contribution < 1.29 is 19.4 Å². The highest BCUT2D eigenvalue weighted by molar-refractivity contribution is 7.57. The second-order valence-electron chi connectivity index (χ2n) is 6.92. The topological polar surface area (TPSA) is 66.8 Å². The summed E-state index contributed by atoms with van der Waals surface area (Å²) in [6, 6.07) is 0. The maximum absolute atomic E-state index is 10.3. The van der Waals surface area contributed by atoms with Crippen LogP contribution in [0.15, 0.2) is 0 Å². The molecule has 0 unspecified atom stereocenters. The molecule has 0 amide bonds. The molecule has 0 aromatic carbocycles. The van der Waals surface area contributed by atoms with Gasteiger partial charge in [-0.1, -0.05) is 40.0 Å². The van der Waals surface area contributed by atoms with Crippen LogP contribution in [-0.4, -0.2) is 67.7 Å². The number of esters is 1. The van der Waals surface area contributed by atoms with E-state index in [2.05, 4.69) is 25.7 Å². The van der Waals surface area contributed by atoms with Gasteiger partial charge in [0.15, 0.2) is 0 Å². The Morgan fingerprint density at radius 1 is 0.852 bits per heavy atom. The van der Waals surface area contributed by atoms with Crippen molar-refractivity contribution in [1.82, 2.24) is 4.90 Å². The number of ether oxygens (including phenoxy) is 1. The van der Waals surface area contributed by atoms with Gasteiger partial charge in [0.1, 0.15) is 0 Å². The fourth-order valence-corrected chi connectivity index (χ4v) is 5.04. The fraction of sp³-hybridized carbons (Fsp3) is 0.905. The Kier molecular flexibility index (Phi) is 29.1. The first-order chi connectivity index (χ1) is 12.7. The van der Waals surface area contributed by atoms with E-state index in [0.29, 0.717) is 14.5 Å². The summed E-state index contributed by atoms with van der Waals surface area (Å²) in [7, 11) is 4.41. The van der Waals surface area contributed by atoms with Gasteiger partial charge in [0.2, 0.25) is 0 Å². The van der Waals surface area contributed by atoms with E-state index in [0.717, 1.165) is 19.9 Å². The second-order valence-corrected chi connectivity index (χ2v) is 9.60. The molecule has 0 atom stereocenters. The second kappa shape index (κ2) is 25.3. The van der Waals surface area contributed by atoms with Crippen LogP contribution in [0.3, 0.4) is 0 Å². The number of hydrogen-bond acceptors (Lipinski definition) is 4. The summed E-state index contributed by atoms with van der Waals surface area (Å²) in [5.74, 6) is -1.03. The molecular formula is C21H46NO4P. The van der Waals surface area contributed by atoms with Crippen molar-refractivity contribution in [1.29, 1.82) is 0 Å². The molecule has 0 radical (unpaired) electrons. The van der Waals surface area contributed by atoms with Crippen molar-refractivity contribution in [2.75, 3.05) is 45.7 Å². The van der Waals surface area contributed by atoms with Crippen LogP contribution in [0.25, 0.3) is 0 Å². The lowest BCUT2D eigenvalue weighted by Crippen LogP contribution is -2.15. The lowest BCUT2D eigenvalue weighted by molar-refractivity contribution is -0.141. The predicted octanol–water partition coefficient (Wildman–Crippen LogP) is 5.46. The molecule has 6 heteroatoms. The Balaban J connectivity index is -0.000000364. The van der Waals surface area contributed by atoms with Crippen LogP contribution in [0, 0.1) is 0 Å². The van der Waals surface area contributed by atoms with Crippen LogP contribution in [0.2, 0.25) is 0 Å². The monoisotopic (exact) mass is 407 g/mol. The van der Waals surface area contributed by atoms with E-state index in [1.165, 1.54) is 45.4 Å². The predicted molar refractivity (Wildman–Crippen MR) is 119 cm³/mol. The SMILES string of the molecule is CC(=O)O.CC(=O)OCCCN(C)C.CCCCP(CCCC)CCCC. The maximum Gasteiger partial charge on any atom is 0.302 e. The van der Waals surface area contributed by atoms with E-state index in [-0.39, 0.29) is 5.97 Å². The van der Waals surface area contributed by atoms with Gasteiger partial charge in [0.05, 0.1) is 6.61 Å². The third-order valence-electron chi connectivity index (χ3n) is 3.54. The minimum atomic E-state index is -0.833. The molecule has 0 spiro atoms. The zero-order valence-electron chi connectivity index (χ0n) is 19.1. The van der Waals surface area contributed by atoms with Crippen LogP contribution in [-0.2, 0) is 14.3 Å². The molecule has 0 aliphatic carbocycles. The highest BCUT2D eigenvalue weighted by atomic mass is 31.1. The van der Waals surface area contributed by atoms with Crippen molar-refractivity contribution >= 4 is 19.9 Å². The number of carboxylic acids is 1. The normalized spacial score (nSPS) is 9.96. The van der Waals surface area contributed by atoms with E-state index in [9.17, 15) is 4.79 Å². The number of carboxylic acid groups (broad SMARTS) is 1. The summed E-state index contributed by atoms with van der Waals surface area (Å²) in [5, 5.41) is 7.42. The van der Waals surface area contributed by atoms with Gasteiger partial charge in [-0.05, 0) is 58.3 Å². The summed E-state index contributed by atoms with van der Waals surface area (Å²) in [4.78, 5) is 21.3. The van der Waals surface area contributed by atoms with Gasteiger partial charge in [-0.25, -0.2) is 0 Å². The van der Waals surface area contributed by atoms with Crippen LogP contribution >= 0.6 is 7.92 Å². The molecule has 1 N–H and O–H groups in total. The minimum Gasteiger partial charge on any atom is -0.481 e. The standard InChI is InChI=1S/C12H27P.C7H15NO2.C2H4O2/c1-4-7-10-13(11-8-5-2)12-9-6-3;1-7(9)10-6-4-5-8(2)3;1-2(3)4/h4-12H2,1-3H3;4-6H2,1-3H3;1H3,(H,3,4). The average Bonchev–Trinajstić information content (AvgIpc) is 2.58. The molecule has 0 aliphatic heterocycles. The lowest BCUT2D eigenvalue weighted by atomic mass is 10.4. The number of nitrogens with zero attached hydrogens (tertiary/aromatic N) is 1. The zero-order valence-corrected chi connectivity index (χ0v) is 19.9. The molecule has 0 aromatic rings. The molecule has 164 valence electrons. The van der Waals surface area contributed by atoms with Gasteiger partial charge in [-0.3, -0.25) is 9.59 Å². The van der Waals surface area contributed by atoms with E-state index in [4.69, 9.17) is 14.6 Å². The molecule has 27 heavy (non-hydrogen) atoms. The molecule has 0 aromatic heterocycles. The number of carbonyl (C=O) groups excluding carboxylic acids is 1. The Morgan fingerprint density at radius 3 is 1.48 bits per heavy atom. The van der Waals surface area contributed by atoms with Gasteiger partial charge < -0.3 is 14.7 Å². The number of carbonyl (C=O) groups is 2. The molecule has 0 rings (SSSR count). The van der Waals surface area contributed by atoms with Crippen LogP contribution in [0.1, 0.15) is 79.6 Å². The van der Waals surface area contributed by atoms with Gasteiger partial charge >= 0.3 is 5.97 Å². The Bertz CT molecular complexity index is 302. The summed E-state index contributed by atoms with van der Waals surface area (Å²) in [5.41, 5.74) is 0. The first-order valence-electron chi connectivity index (χ1n) is 10.4. The van der Waals surface area contributed by atoms with Gasteiger partial charge in [0.25, 0.3) is 5.97 Å². The van der Waals surface area contributed by atoms with Crippen molar-refractivity contribution in [3.63, 3.8) is 0 Å². The number of unbranched alkanes of at least 4 members (excludes halogenated alkanes) is 3. The number of aliphatic carboxylic acids is 1. The third-order valence-corrected chi connectivity index (χ3v) is 6.38. The van der Waals surface area contributed by atoms with Gasteiger partial charge in [0, 0.05) is 20.4 Å². The molecule has 0 saturated carbocycles. The van der Waals surface area contributed by atoms with Crippen molar-refractivity contribution in [3.8, 4) is 0 Å². The van der Waals surface area contributed by atoms with Gasteiger partial charge in [-0.15, -0.1) is 7.92 Å². The number of hydrogen-bond donors (Lipinski definition) is 1. The van der Waals surface area contributed by atoms with E-state index in [1.807, 2.05) is 14.1 Å². The Labute approximate surface area is 170 Å². The summed E-state index contributed by atoms with van der Waals surface area (Å²) in [6.45, 7) is 10.9. The first-order valence-corrected chi connectivity index (χ1v) is 12.3. The van der Waals surface area contributed by atoms with Crippen LogP contribution in [0.5, 0.6) is 0 Å². The highest BCUT2D eigenvalue weighted by Gasteiger charge is 2.05. The first kappa shape index (κ1) is 31.0. The average molecular weight is 408 g/mol. The van der Waals surface area contributed by atoms with Crippen LogP contribution in [0.4, 0.5) is 0 Å². The van der Waals surface area contributed by atoms with Crippen molar-refractivity contribution in [2.24, 2.45) is 0 Å². The maximum atomic E-state index is 10.3. The summed E-state index contributed by atoms with van der Waals surface area (Å²) in [6.07, 6.45) is 14.1. The summed E-state index contributed by atoms with van der Waals surface area (Å²) < 4.78 is 4.73. The zero-order chi connectivity index (χ0) is 21.5. The molecule has 0 heterocycles. The largest absolute Gasteiger partial charge is 0.481 e. The Hall–Kier alpha value is -0.670. The molecule has 0 bridgehead atoms. The Morgan fingerprint density at radius 2 is 1.22 bits per heavy atom. The van der Waals surface area contributed by atoms with Crippen molar-refractivity contribution in [3.05, 3.63) is 0 Å². The molecule has 0 aliphatic rings. The molecule has 5 nitrogen and oxygen atoms in total. The fourth-order valence-electron chi connectivity index (χ4n) is 2.08. The van der Waals surface area contributed by atoms with E-state index < -0.39 is 5.97 Å². The number of rotatable bonds is 13. The molecular weight excluding hydrogens is 361 g/mol. The van der Waals surface area contributed by atoms with Crippen molar-refractivity contribution in [2.45, 2.75) is 79.6 Å². The highest BCUT2D eigenvalue weighted by Crippen LogP contribution is 2.38. The lowest BCUT2D eigenvalue weighted by Gasteiger charge is -2.16. The third kappa shape index (κ3) is 41.0. The summed E-state index contributed by atoms with van der Waals surface area (Å²) >= 11 is 0. The quantitative estimate of drug-likeness (QED) is 0.249. The van der Waals surface area contributed by atoms with Gasteiger partial charge in [-0.2, -0.15) is 0 Å². The minimum absolute atomic E-state index is 0.196. The molecule has 0 fully saturated rings. The van der Waals surface area contributed by atoms with E-state index in [1.54, 1.807) is 18.5 Å². The molecule has 0 saturated heterocycles. The van der Waals surface area contributed by atoms with E-state index >= 15 is 0 Å². The smallest absolute Gasteiger partial charge is 0.302 e. The van der Waals surface area contributed by atoms with Crippen LogP contribution < -0.4 is 0 Å².